The van der Waals surface area contributed by atoms with Gasteiger partial charge in [-0.15, -0.1) is 0 Å². The van der Waals surface area contributed by atoms with Gasteiger partial charge >= 0.3 is 0 Å². The molecule has 1 aromatic heterocycles. The maximum Gasteiger partial charge on any atom is 0.166 e. The highest BCUT2D eigenvalue weighted by atomic mass is 32.2. The van der Waals surface area contributed by atoms with Crippen molar-refractivity contribution in [2.75, 3.05) is 4.90 Å². The highest BCUT2D eigenvalue weighted by Crippen LogP contribution is 2.63. The molecule has 0 radical (unpaired) electrons. The number of hydrogen-bond donors (Lipinski definition) is 0. The molecule has 5 nitrogen and oxygen atoms in total. The van der Waals surface area contributed by atoms with Gasteiger partial charge in [-0.05, 0) is 64.7 Å². The van der Waals surface area contributed by atoms with Gasteiger partial charge in [0.1, 0.15) is 0 Å². The van der Waals surface area contributed by atoms with Crippen molar-refractivity contribution in [2.45, 2.75) is 15.2 Å². The molecule has 0 fully saturated rings. The van der Waals surface area contributed by atoms with Crippen LogP contribution in [0, 0.1) is 11.3 Å². The van der Waals surface area contributed by atoms with Crippen LogP contribution >= 0.6 is 11.8 Å². The van der Waals surface area contributed by atoms with E-state index >= 15 is 0 Å². The average Bonchev–Trinajstić information content (AvgIpc) is 3.24. The first-order chi connectivity index (χ1) is 26.2. The fourth-order valence-electron chi connectivity index (χ4n) is 7.99. The number of benzene rings is 7. The van der Waals surface area contributed by atoms with Crippen LogP contribution in [0.25, 0.3) is 34.2 Å². The fourth-order valence-corrected chi connectivity index (χ4v) is 9.18. The van der Waals surface area contributed by atoms with E-state index in [1.54, 1.807) is 0 Å². The summed E-state index contributed by atoms with van der Waals surface area (Å²) in [7, 11) is 0. The van der Waals surface area contributed by atoms with E-state index in [-0.39, 0.29) is 0 Å². The highest BCUT2D eigenvalue weighted by molar-refractivity contribution is 7.99. The van der Waals surface area contributed by atoms with E-state index < -0.39 is 5.41 Å². The van der Waals surface area contributed by atoms with E-state index in [0.717, 1.165) is 33.8 Å². The lowest BCUT2D eigenvalue weighted by Gasteiger charge is -2.49. The minimum atomic E-state index is -0.566. The summed E-state index contributed by atoms with van der Waals surface area (Å²) < 4.78 is 0. The van der Waals surface area contributed by atoms with Crippen LogP contribution in [0.2, 0.25) is 0 Å². The van der Waals surface area contributed by atoms with Crippen molar-refractivity contribution < 1.29 is 0 Å². The Kier molecular flexibility index (Phi) is 7.27. The monoisotopic (exact) mass is 695 g/mol. The van der Waals surface area contributed by atoms with Gasteiger partial charge in [0.2, 0.25) is 0 Å². The van der Waals surface area contributed by atoms with E-state index in [1.807, 2.05) is 90.6 Å². The molecule has 53 heavy (non-hydrogen) atoms. The number of nitriles is 1. The van der Waals surface area contributed by atoms with Crippen LogP contribution in [0.4, 0.5) is 17.1 Å². The van der Waals surface area contributed by atoms with E-state index in [1.165, 1.54) is 32.0 Å². The molecule has 0 saturated heterocycles. The van der Waals surface area contributed by atoms with Crippen LogP contribution in [-0.2, 0) is 5.41 Å². The summed E-state index contributed by atoms with van der Waals surface area (Å²) in [6, 6.07) is 63.2. The number of nitrogens with zero attached hydrogens (tertiary/aromatic N) is 5. The third-order valence-corrected chi connectivity index (χ3v) is 11.4. The van der Waals surface area contributed by atoms with Crippen molar-refractivity contribution in [3.05, 3.63) is 204 Å². The molecule has 0 saturated carbocycles. The Balaban J connectivity index is 1.27. The second-order valence-corrected chi connectivity index (χ2v) is 14.2. The van der Waals surface area contributed by atoms with Crippen LogP contribution in [0.5, 0.6) is 0 Å². The van der Waals surface area contributed by atoms with E-state index in [0.29, 0.717) is 23.0 Å². The summed E-state index contributed by atoms with van der Waals surface area (Å²) in [5.74, 6) is 1.62. The number of hydrogen-bond acceptors (Lipinski definition) is 6. The van der Waals surface area contributed by atoms with Crippen LogP contribution < -0.4 is 4.90 Å². The third kappa shape index (κ3) is 4.82. The molecule has 2 aliphatic rings. The fraction of sp³-hybridized carbons (Fsp3) is 0.0213. The number of fused-ring (bicyclic) bond motifs is 8. The summed E-state index contributed by atoms with van der Waals surface area (Å²) >= 11 is 1.83. The molecule has 8 aromatic rings. The van der Waals surface area contributed by atoms with E-state index in [4.69, 9.17) is 15.0 Å². The van der Waals surface area contributed by atoms with Crippen molar-refractivity contribution in [3.8, 4) is 40.2 Å². The first-order valence-corrected chi connectivity index (χ1v) is 18.3. The molecule has 0 aliphatic carbocycles. The number of rotatable bonds is 4. The predicted octanol–water partition coefficient (Wildman–Crippen LogP) is 11.4. The van der Waals surface area contributed by atoms with Crippen LogP contribution in [-0.4, -0.2) is 15.0 Å². The lowest BCUT2D eigenvalue weighted by molar-refractivity contribution is 0.692. The molecule has 0 unspecified atom stereocenters. The zero-order valence-electron chi connectivity index (χ0n) is 28.4. The van der Waals surface area contributed by atoms with Gasteiger partial charge in [-0.3, -0.25) is 0 Å². The summed E-state index contributed by atoms with van der Waals surface area (Å²) in [6.07, 6.45) is 0. The topological polar surface area (TPSA) is 65.7 Å². The molecule has 0 atom stereocenters. The van der Waals surface area contributed by atoms with Gasteiger partial charge in [-0.1, -0.05) is 145 Å². The van der Waals surface area contributed by atoms with Gasteiger partial charge in [0.25, 0.3) is 0 Å². The molecular weight excluding hydrogens is 667 g/mol. The molecule has 10 rings (SSSR count). The van der Waals surface area contributed by atoms with Gasteiger partial charge in [-0.2, -0.15) is 5.26 Å². The Morgan fingerprint density at radius 3 is 1.43 bits per heavy atom. The number of aromatic nitrogens is 3. The average molecular weight is 696 g/mol. The largest absolute Gasteiger partial charge is 0.309 e. The quantitative estimate of drug-likeness (QED) is 0.183. The first-order valence-electron chi connectivity index (χ1n) is 17.5. The number of para-hydroxylation sites is 2. The zero-order valence-corrected chi connectivity index (χ0v) is 29.2. The molecule has 3 heterocycles. The maximum atomic E-state index is 10.2. The van der Waals surface area contributed by atoms with Gasteiger partial charge < -0.3 is 4.90 Å². The summed E-state index contributed by atoms with van der Waals surface area (Å²) in [4.78, 5) is 20.0. The Morgan fingerprint density at radius 1 is 0.453 bits per heavy atom. The van der Waals surface area contributed by atoms with Crippen molar-refractivity contribution >= 4 is 28.8 Å². The second-order valence-electron chi connectivity index (χ2n) is 13.1. The Morgan fingerprint density at radius 2 is 0.906 bits per heavy atom. The standard InChI is InChI=1S/C47H29N5S/c48-30-31-27-28-39(34(29-31)46-50-44(32-15-3-1-4-16-32)49-45(51-46)33-17-5-2-6-18-33)52-40-23-11-7-19-35(40)47(36-20-8-12-24-41(36)52)37-21-9-13-25-42(37)53-43-26-14-10-22-38(43)47/h1-29H. The molecule has 7 aromatic carbocycles. The van der Waals surface area contributed by atoms with Crippen molar-refractivity contribution in [1.29, 1.82) is 5.26 Å². The first kappa shape index (κ1) is 31.0. The van der Waals surface area contributed by atoms with Crippen LogP contribution in [0.3, 0.4) is 0 Å². The Labute approximate surface area is 311 Å². The molecular formula is C47H29N5S. The zero-order chi connectivity index (χ0) is 35.4. The SMILES string of the molecule is N#Cc1ccc(N2c3ccccc3C3(c4ccccc4Sc4ccccc43)c3ccccc32)c(-c2nc(-c3ccccc3)nc(-c3ccccc3)n2)c1. The Bertz CT molecular complexity index is 2590. The maximum absolute atomic E-state index is 10.2. The minimum absolute atomic E-state index is 0.491. The second kappa shape index (κ2) is 12.4. The predicted molar refractivity (Wildman–Crippen MR) is 212 cm³/mol. The highest BCUT2D eigenvalue weighted by Gasteiger charge is 2.50. The molecule has 2 aliphatic heterocycles. The van der Waals surface area contributed by atoms with Crippen molar-refractivity contribution in [1.82, 2.24) is 15.0 Å². The van der Waals surface area contributed by atoms with Gasteiger partial charge in [0.05, 0.1) is 34.1 Å². The van der Waals surface area contributed by atoms with Crippen LogP contribution in [0.15, 0.2) is 186 Å². The van der Waals surface area contributed by atoms with Crippen molar-refractivity contribution in [2.24, 2.45) is 0 Å². The summed E-state index contributed by atoms with van der Waals surface area (Å²) in [5.41, 5.74) is 10.3. The minimum Gasteiger partial charge on any atom is -0.309 e. The molecule has 248 valence electrons. The summed E-state index contributed by atoms with van der Waals surface area (Å²) in [5, 5.41) is 10.2. The van der Waals surface area contributed by atoms with Gasteiger partial charge in [0.15, 0.2) is 17.5 Å². The van der Waals surface area contributed by atoms with E-state index in [9.17, 15) is 5.26 Å². The molecule has 0 bridgehead atoms. The van der Waals surface area contributed by atoms with Crippen LogP contribution in [0.1, 0.15) is 27.8 Å². The van der Waals surface area contributed by atoms with E-state index in [2.05, 4.69) is 108 Å². The lowest BCUT2D eigenvalue weighted by Crippen LogP contribution is -2.39. The Hall–Kier alpha value is -6.81. The van der Waals surface area contributed by atoms with Crippen molar-refractivity contribution in [3.63, 3.8) is 0 Å². The summed E-state index contributed by atoms with van der Waals surface area (Å²) in [6.45, 7) is 0. The van der Waals surface area contributed by atoms with Gasteiger partial charge in [0, 0.05) is 26.5 Å². The molecule has 0 N–H and O–H groups in total. The smallest absolute Gasteiger partial charge is 0.166 e. The van der Waals surface area contributed by atoms with Gasteiger partial charge in [-0.25, -0.2) is 15.0 Å². The number of anilines is 3. The molecule has 6 heteroatoms. The third-order valence-electron chi connectivity index (χ3n) is 10.2. The molecule has 1 spiro atoms. The molecule has 0 amide bonds. The normalized spacial score (nSPS) is 13.3. The lowest BCUT2D eigenvalue weighted by atomic mass is 9.62.